The van der Waals surface area contributed by atoms with E-state index in [0.717, 1.165) is 35.5 Å². The average Bonchev–Trinajstić information content (AvgIpc) is 3.25. The molecule has 1 aromatic heterocycles. The molecule has 0 fully saturated rings. The Bertz CT molecular complexity index is 1320. The highest BCUT2D eigenvalue weighted by molar-refractivity contribution is 7.98. The number of carbonyl (C=O) groups is 1. The second kappa shape index (κ2) is 10.4. The third-order valence-corrected chi connectivity index (χ3v) is 6.47. The molecular formula is C26H23F3N4OS. The second-order valence-corrected chi connectivity index (χ2v) is 8.99. The maximum absolute atomic E-state index is 12.8. The van der Waals surface area contributed by atoms with Crippen LogP contribution >= 0.6 is 11.8 Å². The Balaban J connectivity index is 1.54. The van der Waals surface area contributed by atoms with Gasteiger partial charge in [0.2, 0.25) is 0 Å². The number of halogens is 3. The van der Waals surface area contributed by atoms with Crippen LogP contribution < -0.4 is 5.32 Å². The molecule has 0 saturated carbocycles. The number of hydrogen-bond acceptors (Lipinski definition) is 4. The van der Waals surface area contributed by atoms with Gasteiger partial charge in [0.15, 0.2) is 11.0 Å². The van der Waals surface area contributed by atoms with E-state index in [1.807, 2.05) is 47.9 Å². The summed E-state index contributed by atoms with van der Waals surface area (Å²) in [6.45, 7) is 4.11. The molecule has 0 aliphatic carbocycles. The fourth-order valence-corrected chi connectivity index (χ4v) is 4.49. The third kappa shape index (κ3) is 5.92. The molecule has 0 unspecified atom stereocenters. The van der Waals surface area contributed by atoms with Gasteiger partial charge in [0.1, 0.15) is 0 Å². The van der Waals surface area contributed by atoms with Gasteiger partial charge in [0.05, 0.1) is 12.1 Å². The number of nitrogens with one attached hydrogen (secondary N) is 1. The van der Waals surface area contributed by atoms with E-state index in [-0.39, 0.29) is 12.1 Å². The molecule has 0 radical (unpaired) electrons. The number of benzene rings is 3. The molecule has 9 heteroatoms. The highest BCUT2D eigenvalue weighted by atomic mass is 32.2. The van der Waals surface area contributed by atoms with Crippen molar-refractivity contribution in [2.75, 3.05) is 0 Å². The van der Waals surface area contributed by atoms with Gasteiger partial charge >= 0.3 is 6.18 Å². The number of aryl methyl sites for hydroxylation is 2. The zero-order valence-corrected chi connectivity index (χ0v) is 20.0. The quantitative estimate of drug-likeness (QED) is 0.313. The van der Waals surface area contributed by atoms with Gasteiger partial charge in [-0.05, 0) is 61.4 Å². The van der Waals surface area contributed by atoms with Crippen molar-refractivity contribution in [1.29, 1.82) is 0 Å². The maximum Gasteiger partial charge on any atom is 0.416 e. The predicted molar refractivity (Wildman–Crippen MR) is 129 cm³/mol. The first kappa shape index (κ1) is 24.5. The summed E-state index contributed by atoms with van der Waals surface area (Å²) >= 11 is 1.54. The van der Waals surface area contributed by atoms with E-state index in [2.05, 4.69) is 34.6 Å². The van der Waals surface area contributed by atoms with Crippen molar-refractivity contribution in [2.24, 2.45) is 0 Å². The maximum atomic E-state index is 12.8. The number of rotatable bonds is 7. The minimum atomic E-state index is -4.45. The molecule has 3 aromatic carbocycles. The van der Waals surface area contributed by atoms with E-state index in [1.165, 1.54) is 22.9 Å². The normalized spacial score (nSPS) is 11.5. The first-order valence-corrected chi connectivity index (χ1v) is 11.8. The van der Waals surface area contributed by atoms with Gasteiger partial charge in [-0.3, -0.25) is 9.36 Å². The lowest BCUT2D eigenvalue weighted by molar-refractivity contribution is -0.137. The van der Waals surface area contributed by atoms with Gasteiger partial charge in [-0.25, -0.2) is 0 Å². The van der Waals surface area contributed by atoms with Crippen LogP contribution in [0.15, 0.2) is 78.0 Å². The fourth-order valence-electron chi connectivity index (χ4n) is 3.45. The highest BCUT2D eigenvalue weighted by Crippen LogP contribution is 2.29. The SMILES string of the molecule is Cc1ccc(-n2c(CNC(=O)c3ccc(C(F)(F)F)cc3)nnc2SCc2ccccc2C)cc1. The van der Waals surface area contributed by atoms with Crippen LogP contribution in [0.5, 0.6) is 0 Å². The minimum Gasteiger partial charge on any atom is -0.345 e. The zero-order valence-electron chi connectivity index (χ0n) is 19.1. The molecule has 1 N–H and O–H groups in total. The van der Waals surface area contributed by atoms with E-state index < -0.39 is 17.6 Å². The van der Waals surface area contributed by atoms with Gasteiger partial charge in [-0.2, -0.15) is 13.2 Å². The smallest absolute Gasteiger partial charge is 0.345 e. The van der Waals surface area contributed by atoms with Crippen LogP contribution in [-0.2, 0) is 18.5 Å². The summed E-state index contributed by atoms with van der Waals surface area (Å²) in [6, 6.07) is 20.1. The number of aromatic nitrogens is 3. The van der Waals surface area contributed by atoms with Crippen molar-refractivity contribution in [3.63, 3.8) is 0 Å². The van der Waals surface area contributed by atoms with Crippen LogP contribution in [0.1, 0.15) is 38.4 Å². The van der Waals surface area contributed by atoms with Crippen molar-refractivity contribution < 1.29 is 18.0 Å². The summed E-state index contributed by atoms with van der Waals surface area (Å²) in [5, 5.41) is 12.1. The van der Waals surface area contributed by atoms with Crippen LogP contribution in [0.3, 0.4) is 0 Å². The summed E-state index contributed by atoms with van der Waals surface area (Å²) in [5.74, 6) is 0.724. The van der Waals surface area contributed by atoms with E-state index in [1.54, 1.807) is 0 Å². The van der Waals surface area contributed by atoms with Crippen LogP contribution in [0.2, 0.25) is 0 Å². The van der Waals surface area contributed by atoms with Crippen LogP contribution in [0, 0.1) is 13.8 Å². The number of nitrogens with zero attached hydrogens (tertiary/aromatic N) is 3. The molecule has 4 rings (SSSR count). The first-order valence-electron chi connectivity index (χ1n) is 10.9. The minimum absolute atomic E-state index is 0.0612. The molecule has 0 aliphatic heterocycles. The van der Waals surface area contributed by atoms with Gasteiger partial charge in [-0.15, -0.1) is 10.2 Å². The molecule has 0 spiro atoms. The zero-order chi connectivity index (χ0) is 25.0. The van der Waals surface area contributed by atoms with Crippen molar-refractivity contribution in [2.45, 2.75) is 37.5 Å². The molecule has 35 heavy (non-hydrogen) atoms. The summed E-state index contributed by atoms with van der Waals surface area (Å²) in [5.41, 5.74) is 3.66. The number of amides is 1. The molecule has 0 bridgehead atoms. The van der Waals surface area contributed by atoms with Crippen LogP contribution in [0.25, 0.3) is 5.69 Å². The number of hydrogen-bond donors (Lipinski definition) is 1. The average molecular weight is 497 g/mol. The monoisotopic (exact) mass is 496 g/mol. The lowest BCUT2D eigenvalue weighted by atomic mass is 10.1. The Labute approximate surface area is 205 Å². The molecule has 0 atom stereocenters. The van der Waals surface area contributed by atoms with E-state index >= 15 is 0 Å². The summed E-state index contributed by atoms with van der Waals surface area (Å²) in [4.78, 5) is 12.6. The second-order valence-electron chi connectivity index (χ2n) is 8.04. The Morgan fingerprint density at radius 1 is 0.943 bits per heavy atom. The van der Waals surface area contributed by atoms with E-state index in [9.17, 15) is 18.0 Å². The summed E-state index contributed by atoms with van der Waals surface area (Å²) in [6.07, 6.45) is -4.45. The molecule has 1 heterocycles. The molecule has 5 nitrogen and oxygen atoms in total. The van der Waals surface area contributed by atoms with E-state index in [0.29, 0.717) is 16.7 Å². The fraction of sp³-hybridized carbons (Fsp3) is 0.192. The summed E-state index contributed by atoms with van der Waals surface area (Å²) < 4.78 is 40.3. The van der Waals surface area contributed by atoms with Gasteiger partial charge < -0.3 is 5.32 Å². The Morgan fingerprint density at radius 2 is 1.63 bits per heavy atom. The molecule has 0 saturated heterocycles. The van der Waals surface area contributed by atoms with Gasteiger partial charge in [0, 0.05) is 17.0 Å². The molecule has 4 aromatic rings. The number of carbonyl (C=O) groups excluding carboxylic acids is 1. The molecule has 1 amide bonds. The van der Waals surface area contributed by atoms with Crippen molar-refractivity contribution in [3.05, 3.63) is 106 Å². The topological polar surface area (TPSA) is 59.8 Å². The lowest BCUT2D eigenvalue weighted by Gasteiger charge is -2.12. The third-order valence-electron chi connectivity index (χ3n) is 5.49. The molecular weight excluding hydrogens is 473 g/mol. The first-order chi connectivity index (χ1) is 16.7. The van der Waals surface area contributed by atoms with Gasteiger partial charge in [-0.1, -0.05) is 53.7 Å². The largest absolute Gasteiger partial charge is 0.416 e. The van der Waals surface area contributed by atoms with Crippen molar-refractivity contribution in [3.8, 4) is 5.69 Å². The van der Waals surface area contributed by atoms with Crippen LogP contribution in [-0.4, -0.2) is 20.7 Å². The predicted octanol–water partition coefficient (Wildman–Crippen LogP) is 6.13. The van der Waals surface area contributed by atoms with Gasteiger partial charge in [0.25, 0.3) is 5.91 Å². The lowest BCUT2D eigenvalue weighted by Crippen LogP contribution is -2.24. The standard InChI is InChI=1S/C26H23F3N4OS/c1-17-7-13-22(14-8-17)33-23(31-32-25(33)35-16-20-6-4-3-5-18(20)2)15-30-24(34)19-9-11-21(12-10-19)26(27,28)29/h3-14H,15-16H2,1-2H3,(H,30,34). The summed E-state index contributed by atoms with van der Waals surface area (Å²) in [7, 11) is 0. The van der Waals surface area contributed by atoms with Crippen molar-refractivity contribution >= 4 is 17.7 Å². The van der Waals surface area contributed by atoms with Crippen LogP contribution in [0.4, 0.5) is 13.2 Å². The van der Waals surface area contributed by atoms with Crippen molar-refractivity contribution in [1.82, 2.24) is 20.1 Å². The highest BCUT2D eigenvalue weighted by Gasteiger charge is 2.30. The number of alkyl halides is 3. The molecule has 180 valence electrons. The molecule has 0 aliphatic rings. The Hall–Kier alpha value is -3.59. The number of thioether (sulfide) groups is 1. The van der Waals surface area contributed by atoms with E-state index in [4.69, 9.17) is 0 Å². The Morgan fingerprint density at radius 3 is 2.29 bits per heavy atom. The Kier molecular flexibility index (Phi) is 7.25.